The molecule has 1 aromatic rings. The normalized spacial score (nSPS) is 42.0. The Morgan fingerprint density at radius 1 is 1.14 bits per heavy atom. The van der Waals surface area contributed by atoms with Gasteiger partial charge in [-0.05, 0) is 79.1 Å². The van der Waals surface area contributed by atoms with Crippen LogP contribution in [0.2, 0.25) is 0 Å². The third-order valence-electron chi connectivity index (χ3n) is 8.91. The Morgan fingerprint density at radius 2 is 1.96 bits per heavy atom. The van der Waals surface area contributed by atoms with Crippen LogP contribution in [0.1, 0.15) is 64.5 Å². The van der Waals surface area contributed by atoms with E-state index >= 15 is 0 Å². The number of allylic oxidation sites excluding steroid dienone is 4. The summed E-state index contributed by atoms with van der Waals surface area (Å²) in [6, 6.07) is 0. The Kier molecular flexibility index (Phi) is 4.35. The van der Waals surface area contributed by atoms with E-state index in [9.17, 15) is 4.79 Å². The van der Waals surface area contributed by atoms with Crippen molar-refractivity contribution < 1.29 is 4.79 Å². The third-order valence-corrected chi connectivity index (χ3v) is 9.77. The molecular weight excluding hydrogens is 364 g/mol. The van der Waals surface area contributed by atoms with Crippen LogP contribution in [0.4, 0.5) is 5.13 Å². The molecule has 3 nitrogen and oxygen atoms in total. The van der Waals surface area contributed by atoms with Gasteiger partial charge in [-0.3, -0.25) is 0 Å². The summed E-state index contributed by atoms with van der Waals surface area (Å²) in [5.41, 5.74) is 4.89. The number of aromatic nitrogens is 1. The summed E-state index contributed by atoms with van der Waals surface area (Å²) >= 11 is 1.71. The van der Waals surface area contributed by atoms with Crippen molar-refractivity contribution >= 4 is 28.3 Å². The van der Waals surface area contributed by atoms with Gasteiger partial charge in [-0.15, -0.1) is 11.3 Å². The molecule has 1 aromatic heterocycles. The quantitative estimate of drug-likeness (QED) is 0.506. The van der Waals surface area contributed by atoms with E-state index in [0.29, 0.717) is 5.41 Å². The summed E-state index contributed by atoms with van der Waals surface area (Å²) in [5, 5.41) is 6.44. The smallest absolute Gasteiger partial charge is 0.182 e. The number of carbonyl (C=O) groups excluding carboxylic acids is 1. The molecule has 0 spiro atoms. The van der Waals surface area contributed by atoms with Crippen molar-refractivity contribution in [3.63, 3.8) is 0 Å². The van der Waals surface area contributed by atoms with Crippen LogP contribution in [0.5, 0.6) is 0 Å². The molecule has 4 heteroatoms. The second-order valence-electron chi connectivity index (χ2n) is 10.00. The molecule has 0 saturated heterocycles. The Bertz CT molecular complexity index is 855. The number of aldehydes is 1. The van der Waals surface area contributed by atoms with Gasteiger partial charge in [-0.2, -0.15) is 0 Å². The Labute approximate surface area is 172 Å². The molecule has 6 atom stereocenters. The number of fused-ring (bicyclic) bond motifs is 5. The molecule has 4 aliphatic carbocycles. The lowest BCUT2D eigenvalue weighted by atomic mass is 9.47. The van der Waals surface area contributed by atoms with E-state index in [1.54, 1.807) is 16.9 Å². The van der Waals surface area contributed by atoms with Crippen LogP contribution in [0.25, 0.3) is 5.57 Å². The first-order valence-corrected chi connectivity index (χ1v) is 11.9. The second kappa shape index (κ2) is 6.55. The average molecular weight is 397 g/mol. The maximum Gasteiger partial charge on any atom is 0.182 e. The first-order chi connectivity index (χ1) is 13.5. The zero-order chi connectivity index (χ0) is 19.5. The van der Waals surface area contributed by atoms with Gasteiger partial charge in [0.1, 0.15) is 6.29 Å². The number of carbonyl (C=O) groups is 1. The van der Waals surface area contributed by atoms with Crippen molar-refractivity contribution in [2.24, 2.45) is 34.5 Å². The van der Waals surface area contributed by atoms with E-state index in [-0.39, 0.29) is 11.3 Å². The Hall–Kier alpha value is -1.42. The van der Waals surface area contributed by atoms with Crippen LogP contribution < -0.4 is 5.32 Å². The number of anilines is 1. The number of rotatable bonds is 3. The van der Waals surface area contributed by atoms with Gasteiger partial charge >= 0.3 is 0 Å². The molecule has 2 fully saturated rings. The number of thiazole rings is 1. The van der Waals surface area contributed by atoms with E-state index in [4.69, 9.17) is 4.98 Å². The SMILES string of the molecule is CNc1nc(C2=CC[C@H]3[C@@H]4CC=C5CC(C=O)CC[C@]5(C)[C@H]4CC[C@]23C)cs1. The van der Waals surface area contributed by atoms with Gasteiger partial charge < -0.3 is 10.1 Å². The van der Waals surface area contributed by atoms with E-state index in [0.717, 1.165) is 35.7 Å². The van der Waals surface area contributed by atoms with Crippen LogP contribution in [0.3, 0.4) is 0 Å². The van der Waals surface area contributed by atoms with Crippen molar-refractivity contribution in [1.29, 1.82) is 0 Å². The van der Waals surface area contributed by atoms with Crippen molar-refractivity contribution in [2.45, 2.75) is 58.8 Å². The highest BCUT2D eigenvalue weighted by Crippen LogP contribution is 2.66. The van der Waals surface area contributed by atoms with Crippen molar-refractivity contribution in [3.8, 4) is 0 Å². The fourth-order valence-corrected chi connectivity index (χ4v) is 7.95. The monoisotopic (exact) mass is 396 g/mol. The number of nitrogens with one attached hydrogen (secondary N) is 1. The summed E-state index contributed by atoms with van der Waals surface area (Å²) in [7, 11) is 1.95. The third kappa shape index (κ3) is 2.52. The minimum Gasteiger partial charge on any atom is -0.365 e. The zero-order valence-corrected chi connectivity index (χ0v) is 18.1. The highest BCUT2D eigenvalue weighted by Gasteiger charge is 2.57. The summed E-state index contributed by atoms with van der Waals surface area (Å²) < 4.78 is 0. The van der Waals surface area contributed by atoms with Crippen molar-refractivity contribution in [1.82, 2.24) is 4.98 Å². The van der Waals surface area contributed by atoms with E-state index in [2.05, 4.69) is 36.7 Å². The summed E-state index contributed by atoms with van der Waals surface area (Å²) in [6.45, 7) is 5.03. The maximum absolute atomic E-state index is 11.4. The van der Waals surface area contributed by atoms with Crippen LogP contribution in [0, 0.1) is 34.5 Å². The lowest BCUT2D eigenvalue weighted by Crippen LogP contribution is -2.49. The van der Waals surface area contributed by atoms with E-state index in [1.165, 1.54) is 49.7 Å². The molecule has 150 valence electrons. The summed E-state index contributed by atoms with van der Waals surface area (Å²) in [4.78, 5) is 16.2. The van der Waals surface area contributed by atoms with Gasteiger partial charge in [0.05, 0.1) is 5.69 Å². The molecule has 0 radical (unpaired) electrons. The largest absolute Gasteiger partial charge is 0.365 e. The fraction of sp³-hybridized carbons (Fsp3) is 0.667. The molecule has 1 unspecified atom stereocenters. The second-order valence-corrected chi connectivity index (χ2v) is 10.9. The van der Waals surface area contributed by atoms with Gasteiger partial charge in [0.15, 0.2) is 5.13 Å². The van der Waals surface area contributed by atoms with Crippen LogP contribution in [-0.2, 0) is 4.79 Å². The average Bonchev–Trinajstić information content (AvgIpc) is 3.30. The van der Waals surface area contributed by atoms with Gasteiger partial charge in [0, 0.05) is 18.3 Å². The molecule has 0 amide bonds. The lowest BCUT2D eigenvalue weighted by molar-refractivity contribution is -0.112. The molecule has 0 bridgehead atoms. The van der Waals surface area contributed by atoms with Crippen LogP contribution >= 0.6 is 11.3 Å². The molecule has 2 saturated carbocycles. The standard InChI is InChI=1S/C24H32N2OS/c1-23-10-8-15(13-27)12-16(23)4-5-17-18-6-7-20(21-14-28-22(25-3)26-21)24(18,2)11-9-19(17)23/h4,7,13-15,17-19H,5-6,8-12H2,1-3H3,(H,25,26)/t15?,17-,18-,19-,23-,24-/m0/s1. The van der Waals surface area contributed by atoms with E-state index in [1.807, 2.05) is 7.05 Å². The molecule has 5 rings (SSSR count). The highest BCUT2D eigenvalue weighted by molar-refractivity contribution is 7.13. The van der Waals surface area contributed by atoms with Gasteiger partial charge in [0.2, 0.25) is 0 Å². The first kappa shape index (κ1) is 18.6. The molecule has 28 heavy (non-hydrogen) atoms. The number of hydrogen-bond donors (Lipinski definition) is 1. The summed E-state index contributed by atoms with van der Waals surface area (Å²) in [6.07, 6.45) is 14.5. The highest BCUT2D eigenvalue weighted by atomic mass is 32.1. The Morgan fingerprint density at radius 3 is 2.71 bits per heavy atom. The molecule has 1 N–H and O–H groups in total. The zero-order valence-electron chi connectivity index (χ0n) is 17.3. The van der Waals surface area contributed by atoms with Crippen LogP contribution in [0.15, 0.2) is 23.1 Å². The number of hydrogen-bond acceptors (Lipinski definition) is 4. The lowest BCUT2D eigenvalue weighted by Gasteiger charge is -2.57. The van der Waals surface area contributed by atoms with Gasteiger partial charge in [-0.1, -0.05) is 31.6 Å². The minimum absolute atomic E-state index is 0.260. The fourth-order valence-electron chi connectivity index (χ4n) is 7.28. The summed E-state index contributed by atoms with van der Waals surface area (Å²) in [5.74, 6) is 2.56. The number of nitrogens with zero attached hydrogens (tertiary/aromatic N) is 1. The molecular formula is C24H32N2OS. The maximum atomic E-state index is 11.4. The predicted molar refractivity (Wildman–Crippen MR) is 116 cm³/mol. The topological polar surface area (TPSA) is 42.0 Å². The van der Waals surface area contributed by atoms with Crippen molar-refractivity contribution in [2.75, 3.05) is 12.4 Å². The minimum atomic E-state index is 0.260. The van der Waals surface area contributed by atoms with Crippen LogP contribution in [-0.4, -0.2) is 18.3 Å². The van der Waals surface area contributed by atoms with Gasteiger partial charge in [0.25, 0.3) is 0 Å². The molecule has 4 aliphatic rings. The first-order valence-electron chi connectivity index (χ1n) is 11.0. The van der Waals surface area contributed by atoms with Crippen molar-refractivity contribution in [3.05, 3.63) is 28.8 Å². The molecule has 0 aliphatic heterocycles. The molecule has 1 heterocycles. The van der Waals surface area contributed by atoms with E-state index < -0.39 is 0 Å². The molecule has 0 aromatic carbocycles. The predicted octanol–water partition coefficient (Wildman–Crippen LogP) is 5.96. The van der Waals surface area contributed by atoms with Gasteiger partial charge in [-0.25, -0.2) is 4.98 Å². The Balaban J connectivity index is 1.44.